The third-order valence-electron chi connectivity index (χ3n) is 2.98. The van der Waals surface area contributed by atoms with Gasteiger partial charge in [0.1, 0.15) is 0 Å². The number of halogens is 1. The minimum Gasteiger partial charge on any atom is -0.397 e. The summed E-state index contributed by atoms with van der Waals surface area (Å²) in [4.78, 5) is 4.06. The van der Waals surface area contributed by atoms with Gasteiger partial charge in [-0.25, -0.2) is 18.1 Å². The van der Waals surface area contributed by atoms with Gasteiger partial charge in [-0.15, -0.1) is 0 Å². The van der Waals surface area contributed by atoms with Crippen molar-refractivity contribution in [2.45, 2.75) is 31.3 Å². The summed E-state index contributed by atoms with van der Waals surface area (Å²) in [6.07, 6.45) is 5.05. The minimum absolute atomic E-state index is 0.141. The summed E-state index contributed by atoms with van der Waals surface area (Å²) in [6.45, 7) is 3.95. The van der Waals surface area contributed by atoms with Crippen molar-refractivity contribution in [2.24, 2.45) is 0 Å². The van der Waals surface area contributed by atoms with Gasteiger partial charge in [0.05, 0.1) is 21.9 Å². The molecule has 0 aliphatic rings. The first kappa shape index (κ1) is 15.8. The molecule has 1 aromatic carbocycles. The number of nitrogens with one attached hydrogen (secondary N) is 1. The van der Waals surface area contributed by atoms with E-state index in [1.807, 2.05) is 0 Å². The lowest BCUT2D eigenvalue weighted by Gasteiger charge is -2.16. The topological polar surface area (TPSA) is 90.0 Å². The van der Waals surface area contributed by atoms with E-state index in [2.05, 4.69) is 9.71 Å². The molecule has 8 heteroatoms. The normalized spacial score (nSPS) is 13.3. The van der Waals surface area contributed by atoms with Crippen LogP contribution in [-0.2, 0) is 16.6 Å². The van der Waals surface area contributed by atoms with Crippen molar-refractivity contribution in [1.29, 1.82) is 0 Å². The van der Waals surface area contributed by atoms with Gasteiger partial charge in [-0.3, -0.25) is 0 Å². The molecule has 0 aliphatic carbocycles. The number of aromatic nitrogens is 2. The molecule has 6 nitrogen and oxygen atoms in total. The van der Waals surface area contributed by atoms with Crippen molar-refractivity contribution < 1.29 is 8.42 Å². The van der Waals surface area contributed by atoms with Gasteiger partial charge < -0.3 is 10.3 Å². The van der Waals surface area contributed by atoms with Crippen LogP contribution in [0.25, 0.3) is 0 Å². The number of anilines is 1. The fourth-order valence-corrected chi connectivity index (χ4v) is 3.75. The molecule has 0 amide bonds. The summed E-state index contributed by atoms with van der Waals surface area (Å²) in [5.74, 6) is 0. The highest BCUT2D eigenvalue weighted by atomic mass is 35.5. The van der Waals surface area contributed by atoms with Gasteiger partial charge in [-0.05, 0) is 31.5 Å². The Hall–Kier alpha value is -1.57. The molecule has 2 rings (SSSR count). The molecule has 1 atom stereocenters. The Kier molecular flexibility index (Phi) is 4.55. The van der Waals surface area contributed by atoms with Gasteiger partial charge in [0.25, 0.3) is 0 Å². The van der Waals surface area contributed by atoms with E-state index in [0.29, 0.717) is 17.1 Å². The third-order valence-corrected chi connectivity index (χ3v) is 5.04. The number of nitrogen functional groups attached to an aromatic ring is 1. The van der Waals surface area contributed by atoms with E-state index < -0.39 is 10.0 Å². The van der Waals surface area contributed by atoms with E-state index in [1.165, 1.54) is 6.07 Å². The lowest BCUT2D eigenvalue weighted by atomic mass is 10.2. The second-order valence-corrected chi connectivity index (χ2v) is 7.01. The molecule has 0 saturated carbocycles. The largest absolute Gasteiger partial charge is 0.397 e. The molecule has 21 heavy (non-hydrogen) atoms. The summed E-state index contributed by atoms with van der Waals surface area (Å²) < 4.78 is 29.3. The van der Waals surface area contributed by atoms with E-state index in [9.17, 15) is 8.42 Å². The standard InChI is InChI=1S/C13H17ClN4O2S/c1-9-5-11(14)12(15)6-13(9)21(19,20)17-10(2)7-18-4-3-16-8-18/h3-6,8,10,17H,7,15H2,1-2H3. The summed E-state index contributed by atoms with van der Waals surface area (Å²) in [5, 5.41) is 0.345. The average molecular weight is 329 g/mol. The monoisotopic (exact) mass is 328 g/mol. The Balaban J connectivity index is 2.20. The fourth-order valence-electron chi connectivity index (χ4n) is 2.03. The van der Waals surface area contributed by atoms with Crippen molar-refractivity contribution in [2.75, 3.05) is 5.73 Å². The van der Waals surface area contributed by atoms with Crippen LogP contribution in [0.2, 0.25) is 5.02 Å². The Morgan fingerprint density at radius 3 is 2.81 bits per heavy atom. The van der Waals surface area contributed by atoms with E-state index in [0.717, 1.165) is 0 Å². The maximum atomic E-state index is 12.4. The molecular formula is C13H17ClN4O2S. The number of hydrogen-bond acceptors (Lipinski definition) is 4. The number of nitrogens with zero attached hydrogens (tertiary/aromatic N) is 2. The number of hydrogen-bond donors (Lipinski definition) is 2. The Morgan fingerprint density at radius 2 is 2.19 bits per heavy atom. The average Bonchev–Trinajstić information content (AvgIpc) is 2.85. The number of rotatable bonds is 5. The molecule has 0 aliphatic heterocycles. The van der Waals surface area contributed by atoms with Crippen LogP contribution in [0.3, 0.4) is 0 Å². The smallest absolute Gasteiger partial charge is 0.241 e. The van der Waals surface area contributed by atoms with Gasteiger partial charge >= 0.3 is 0 Å². The van der Waals surface area contributed by atoms with Crippen molar-refractivity contribution in [3.63, 3.8) is 0 Å². The highest BCUT2D eigenvalue weighted by molar-refractivity contribution is 7.89. The number of sulfonamides is 1. The zero-order chi connectivity index (χ0) is 15.6. The Morgan fingerprint density at radius 1 is 1.48 bits per heavy atom. The minimum atomic E-state index is -3.66. The molecule has 1 aromatic heterocycles. The van der Waals surface area contributed by atoms with Gasteiger partial charge in [-0.1, -0.05) is 11.6 Å². The van der Waals surface area contributed by atoms with Gasteiger partial charge in [0, 0.05) is 25.0 Å². The Labute approximate surface area is 129 Å². The molecular weight excluding hydrogens is 312 g/mol. The van der Waals surface area contributed by atoms with Gasteiger partial charge in [0.15, 0.2) is 0 Å². The molecule has 2 aromatic rings. The molecule has 0 fully saturated rings. The number of imidazole rings is 1. The third kappa shape index (κ3) is 3.75. The van der Waals surface area contributed by atoms with Crippen LogP contribution in [0.5, 0.6) is 0 Å². The van der Waals surface area contributed by atoms with Crippen LogP contribution < -0.4 is 10.5 Å². The van der Waals surface area contributed by atoms with Crippen molar-refractivity contribution >= 4 is 27.3 Å². The molecule has 0 bridgehead atoms. The van der Waals surface area contributed by atoms with Crippen LogP contribution in [0.15, 0.2) is 35.7 Å². The molecule has 1 unspecified atom stereocenters. The van der Waals surface area contributed by atoms with Crippen molar-refractivity contribution in [3.05, 3.63) is 41.4 Å². The predicted octanol–water partition coefficient (Wildman–Crippen LogP) is 1.79. The van der Waals surface area contributed by atoms with E-state index >= 15 is 0 Å². The maximum Gasteiger partial charge on any atom is 0.241 e. The van der Waals surface area contributed by atoms with E-state index in [1.54, 1.807) is 43.2 Å². The van der Waals surface area contributed by atoms with Crippen LogP contribution in [0, 0.1) is 6.92 Å². The van der Waals surface area contributed by atoms with Crippen LogP contribution in [0.4, 0.5) is 5.69 Å². The molecule has 0 saturated heterocycles. The quantitative estimate of drug-likeness (QED) is 0.819. The highest BCUT2D eigenvalue weighted by Crippen LogP contribution is 2.26. The summed E-state index contributed by atoms with van der Waals surface area (Å²) >= 11 is 5.89. The SMILES string of the molecule is Cc1cc(Cl)c(N)cc1S(=O)(=O)NC(C)Cn1ccnc1. The van der Waals surface area contributed by atoms with E-state index in [-0.39, 0.29) is 16.6 Å². The zero-order valence-corrected chi connectivity index (χ0v) is 13.3. The first-order valence-electron chi connectivity index (χ1n) is 6.33. The molecule has 1 heterocycles. The molecule has 0 radical (unpaired) electrons. The molecule has 0 spiro atoms. The van der Waals surface area contributed by atoms with Crippen molar-refractivity contribution in [3.8, 4) is 0 Å². The fraction of sp³-hybridized carbons (Fsp3) is 0.308. The zero-order valence-electron chi connectivity index (χ0n) is 11.7. The highest BCUT2D eigenvalue weighted by Gasteiger charge is 2.21. The number of aryl methyl sites for hydroxylation is 1. The number of benzene rings is 1. The summed E-state index contributed by atoms with van der Waals surface area (Å²) in [5.41, 5.74) is 6.48. The van der Waals surface area contributed by atoms with Crippen LogP contribution in [0.1, 0.15) is 12.5 Å². The van der Waals surface area contributed by atoms with Gasteiger partial charge in [-0.2, -0.15) is 0 Å². The van der Waals surface area contributed by atoms with E-state index in [4.69, 9.17) is 17.3 Å². The first-order chi connectivity index (χ1) is 9.79. The van der Waals surface area contributed by atoms with Crippen LogP contribution >= 0.6 is 11.6 Å². The first-order valence-corrected chi connectivity index (χ1v) is 8.19. The molecule has 114 valence electrons. The second kappa shape index (κ2) is 6.05. The lowest BCUT2D eigenvalue weighted by molar-refractivity contribution is 0.520. The lowest BCUT2D eigenvalue weighted by Crippen LogP contribution is -2.35. The second-order valence-electron chi connectivity index (χ2n) is 4.92. The van der Waals surface area contributed by atoms with Gasteiger partial charge in [0.2, 0.25) is 10.0 Å². The van der Waals surface area contributed by atoms with Crippen molar-refractivity contribution in [1.82, 2.24) is 14.3 Å². The molecule has 3 N–H and O–H groups in total. The summed E-state index contributed by atoms with van der Waals surface area (Å²) in [6, 6.07) is 2.64. The predicted molar refractivity (Wildman–Crippen MR) is 82.6 cm³/mol. The van der Waals surface area contributed by atoms with Crippen LogP contribution in [-0.4, -0.2) is 24.0 Å². The Bertz CT molecular complexity index is 729. The maximum absolute atomic E-state index is 12.4. The number of nitrogens with two attached hydrogens (primary N) is 1. The summed E-state index contributed by atoms with van der Waals surface area (Å²) in [7, 11) is -3.66.